The van der Waals surface area contributed by atoms with Gasteiger partial charge in [-0.1, -0.05) is 0 Å². The molecule has 0 bridgehead atoms. The van der Waals surface area contributed by atoms with Gasteiger partial charge in [-0.25, -0.2) is 0 Å². The molecule has 0 aromatic carbocycles. The van der Waals surface area contributed by atoms with Gasteiger partial charge in [0.2, 0.25) is 5.91 Å². The number of amides is 1. The maximum absolute atomic E-state index is 11.0. The molecule has 0 aliphatic heterocycles. The molecule has 0 atom stereocenters. The van der Waals surface area contributed by atoms with E-state index in [1.807, 2.05) is 0 Å². The largest absolute Gasteiger partial charge is 0.352 e. The van der Waals surface area contributed by atoms with Gasteiger partial charge in [0.1, 0.15) is 5.88 Å². The monoisotopic (exact) mass is 187 g/mol. The van der Waals surface area contributed by atoms with Gasteiger partial charge in [-0.15, -0.1) is 11.6 Å². The van der Waals surface area contributed by atoms with Gasteiger partial charge >= 0.3 is 0 Å². The zero-order chi connectivity index (χ0) is 8.55. The molecule has 68 valence electrons. The molecule has 0 spiro atoms. The van der Waals surface area contributed by atoms with E-state index in [0.717, 1.165) is 11.8 Å². The normalized spacial score (nSPS) is 22.8. The molecule has 2 aliphatic carbocycles. The first-order valence-electron chi connectivity index (χ1n) is 4.66. The highest BCUT2D eigenvalue weighted by Crippen LogP contribution is 2.44. The van der Waals surface area contributed by atoms with Crippen molar-refractivity contribution < 1.29 is 4.79 Å². The van der Waals surface area contributed by atoms with Gasteiger partial charge in [0.25, 0.3) is 0 Å². The maximum atomic E-state index is 11.0. The van der Waals surface area contributed by atoms with Crippen molar-refractivity contribution in [1.29, 1.82) is 0 Å². The van der Waals surface area contributed by atoms with Crippen LogP contribution in [0, 0.1) is 11.8 Å². The molecule has 0 saturated heterocycles. The second kappa shape index (κ2) is 3.25. The Balaban J connectivity index is 1.83. The standard InChI is InChI=1S/C9H14ClNO/c10-5-8(12)11-9(6-1-2-6)7-3-4-7/h6-7,9H,1-5H2,(H,11,12). The van der Waals surface area contributed by atoms with Crippen molar-refractivity contribution in [3.05, 3.63) is 0 Å². The highest BCUT2D eigenvalue weighted by Gasteiger charge is 2.41. The van der Waals surface area contributed by atoms with E-state index in [-0.39, 0.29) is 11.8 Å². The average molecular weight is 188 g/mol. The number of carbonyl (C=O) groups is 1. The Bertz CT molecular complexity index is 175. The van der Waals surface area contributed by atoms with Crippen LogP contribution in [0.2, 0.25) is 0 Å². The summed E-state index contributed by atoms with van der Waals surface area (Å²) in [6, 6.07) is 0.455. The fourth-order valence-corrected chi connectivity index (χ4v) is 1.83. The van der Waals surface area contributed by atoms with Crippen molar-refractivity contribution in [3.63, 3.8) is 0 Å². The number of hydrogen-bond donors (Lipinski definition) is 1. The molecule has 0 aromatic heterocycles. The van der Waals surface area contributed by atoms with E-state index in [1.165, 1.54) is 25.7 Å². The predicted octanol–water partition coefficient (Wildman–Crippen LogP) is 1.53. The van der Waals surface area contributed by atoms with Crippen LogP contribution in [0.5, 0.6) is 0 Å². The molecule has 0 heterocycles. The summed E-state index contributed by atoms with van der Waals surface area (Å²) in [6.45, 7) is 0. The number of rotatable bonds is 4. The molecule has 0 radical (unpaired) electrons. The summed E-state index contributed by atoms with van der Waals surface area (Å²) in [7, 11) is 0. The summed E-state index contributed by atoms with van der Waals surface area (Å²) >= 11 is 5.43. The number of carbonyl (C=O) groups excluding carboxylic acids is 1. The van der Waals surface area contributed by atoms with E-state index in [9.17, 15) is 4.79 Å². The topological polar surface area (TPSA) is 29.1 Å². The van der Waals surface area contributed by atoms with Gasteiger partial charge in [-0.05, 0) is 37.5 Å². The van der Waals surface area contributed by atoms with Crippen LogP contribution >= 0.6 is 11.6 Å². The van der Waals surface area contributed by atoms with E-state index in [1.54, 1.807) is 0 Å². The van der Waals surface area contributed by atoms with E-state index >= 15 is 0 Å². The number of nitrogens with one attached hydrogen (secondary N) is 1. The summed E-state index contributed by atoms with van der Waals surface area (Å²) < 4.78 is 0. The first kappa shape index (κ1) is 8.36. The average Bonchev–Trinajstić information content (AvgIpc) is 2.87. The van der Waals surface area contributed by atoms with E-state index in [4.69, 9.17) is 11.6 Å². The third kappa shape index (κ3) is 1.92. The fourth-order valence-electron chi connectivity index (χ4n) is 1.76. The molecule has 2 saturated carbocycles. The Morgan fingerprint density at radius 3 is 2.17 bits per heavy atom. The van der Waals surface area contributed by atoms with Gasteiger partial charge in [-0.2, -0.15) is 0 Å². The van der Waals surface area contributed by atoms with Crippen LogP contribution in [0.1, 0.15) is 25.7 Å². The highest BCUT2D eigenvalue weighted by atomic mass is 35.5. The lowest BCUT2D eigenvalue weighted by atomic mass is 10.1. The molecule has 2 nitrogen and oxygen atoms in total. The Morgan fingerprint density at radius 2 is 1.83 bits per heavy atom. The summed E-state index contributed by atoms with van der Waals surface area (Å²) in [4.78, 5) is 11.0. The van der Waals surface area contributed by atoms with Crippen molar-refractivity contribution in [2.75, 3.05) is 5.88 Å². The van der Waals surface area contributed by atoms with Crippen molar-refractivity contribution in [2.45, 2.75) is 31.7 Å². The molecule has 2 fully saturated rings. The summed E-state index contributed by atoms with van der Waals surface area (Å²) in [5.41, 5.74) is 0. The molecular formula is C9H14ClNO. The first-order valence-corrected chi connectivity index (χ1v) is 5.20. The zero-order valence-electron chi connectivity index (χ0n) is 7.05. The number of halogens is 1. The molecule has 12 heavy (non-hydrogen) atoms. The Morgan fingerprint density at radius 1 is 1.33 bits per heavy atom. The Hall–Kier alpha value is -0.240. The van der Waals surface area contributed by atoms with Crippen LogP contribution in [0.25, 0.3) is 0 Å². The summed E-state index contributed by atoms with van der Waals surface area (Å²) in [6.07, 6.45) is 5.18. The minimum Gasteiger partial charge on any atom is -0.352 e. The van der Waals surface area contributed by atoms with Gasteiger partial charge in [0, 0.05) is 6.04 Å². The second-order valence-electron chi connectivity index (χ2n) is 3.90. The Labute approximate surface area is 77.7 Å². The van der Waals surface area contributed by atoms with Crippen molar-refractivity contribution in [3.8, 4) is 0 Å². The summed E-state index contributed by atoms with van der Waals surface area (Å²) in [5.74, 6) is 1.64. The minimum atomic E-state index is 0.000432. The summed E-state index contributed by atoms with van der Waals surface area (Å²) in [5, 5.41) is 3.02. The van der Waals surface area contributed by atoms with Crippen LogP contribution in [0.4, 0.5) is 0 Å². The van der Waals surface area contributed by atoms with E-state index < -0.39 is 0 Å². The lowest BCUT2D eigenvalue weighted by molar-refractivity contribution is -0.119. The van der Waals surface area contributed by atoms with Crippen LogP contribution in [-0.2, 0) is 4.79 Å². The van der Waals surface area contributed by atoms with Gasteiger partial charge in [0.15, 0.2) is 0 Å². The van der Waals surface area contributed by atoms with Crippen LogP contribution in [0.15, 0.2) is 0 Å². The van der Waals surface area contributed by atoms with Gasteiger partial charge in [0.05, 0.1) is 0 Å². The number of alkyl halides is 1. The van der Waals surface area contributed by atoms with Crippen molar-refractivity contribution in [2.24, 2.45) is 11.8 Å². The smallest absolute Gasteiger partial charge is 0.235 e. The van der Waals surface area contributed by atoms with Crippen LogP contribution in [0.3, 0.4) is 0 Å². The molecule has 3 heteroatoms. The van der Waals surface area contributed by atoms with E-state index in [0.29, 0.717) is 6.04 Å². The second-order valence-corrected chi connectivity index (χ2v) is 4.17. The molecule has 0 unspecified atom stereocenters. The van der Waals surface area contributed by atoms with Crippen molar-refractivity contribution >= 4 is 17.5 Å². The lowest BCUT2D eigenvalue weighted by Gasteiger charge is -2.16. The maximum Gasteiger partial charge on any atom is 0.235 e. The minimum absolute atomic E-state index is 0.000432. The highest BCUT2D eigenvalue weighted by molar-refractivity contribution is 6.27. The SMILES string of the molecule is O=C(CCl)NC(C1CC1)C1CC1. The third-order valence-electron chi connectivity index (χ3n) is 2.71. The Kier molecular flexibility index (Phi) is 2.26. The zero-order valence-corrected chi connectivity index (χ0v) is 7.81. The van der Waals surface area contributed by atoms with E-state index in [2.05, 4.69) is 5.32 Å². The lowest BCUT2D eigenvalue weighted by Crippen LogP contribution is -2.38. The third-order valence-corrected chi connectivity index (χ3v) is 2.95. The molecular weight excluding hydrogens is 174 g/mol. The molecule has 2 rings (SSSR count). The predicted molar refractivity (Wildman–Crippen MR) is 48.1 cm³/mol. The first-order chi connectivity index (χ1) is 5.81. The molecule has 2 aliphatic rings. The molecule has 1 amide bonds. The van der Waals surface area contributed by atoms with Gasteiger partial charge < -0.3 is 5.32 Å². The molecule has 1 N–H and O–H groups in total. The van der Waals surface area contributed by atoms with Gasteiger partial charge in [-0.3, -0.25) is 4.79 Å². The van der Waals surface area contributed by atoms with Crippen LogP contribution in [-0.4, -0.2) is 17.8 Å². The number of hydrogen-bond acceptors (Lipinski definition) is 1. The van der Waals surface area contributed by atoms with Crippen LogP contribution < -0.4 is 5.32 Å². The molecule has 0 aromatic rings. The quantitative estimate of drug-likeness (QED) is 0.665. The fraction of sp³-hybridized carbons (Fsp3) is 0.889. The van der Waals surface area contributed by atoms with Crippen molar-refractivity contribution in [1.82, 2.24) is 5.32 Å².